The van der Waals surface area contributed by atoms with Crippen LogP contribution in [0.5, 0.6) is 0 Å². The molecule has 0 aliphatic rings. The Hall–Kier alpha value is -1.11. The molecule has 0 fully saturated rings. The van der Waals surface area contributed by atoms with Gasteiger partial charge < -0.3 is 9.73 Å². The fourth-order valence-electron chi connectivity index (χ4n) is 1.67. The fourth-order valence-corrected chi connectivity index (χ4v) is 3.21. The van der Waals surface area contributed by atoms with Crippen molar-refractivity contribution in [3.05, 3.63) is 30.5 Å². The molecule has 1 rings (SSSR count). The fraction of sp³-hybridized carbons (Fsp3) is 0.538. The number of nitrogens with one attached hydrogen (secondary N) is 1. The Morgan fingerprint density at radius 1 is 1.47 bits per heavy atom. The lowest BCUT2D eigenvalue weighted by atomic mass is 10.4. The van der Waals surface area contributed by atoms with Crippen LogP contribution < -0.4 is 5.32 Å². The highest BCUT2D eigenvalue weighted by Crippen LogP contribution is 2.20. The first-order chi connectivity index (χ1) is 8.93. The van der Waals surface area contributed by atoms with Crippen molar-refractivity contribution in [1.82, 2.24) is 9.62 Å². The second-order valence-corrected chi connectivity index (χ2v) is 6.28. The number of nitrogens with zero attached hydrogens (tertiary/aromatic N) is 1. The highest BCUT2D eigenvalue weighted by atomic mass is 32.2. The van der Waals surface area contributed by atoms with Crippen LogP contribution in [0.1, 0.15) is 26.5 Å². The third-order valence-corrected chi connectivity index (χ3v) is 4.55. The minimum atomic E-state index is -3.60. The number of hydrogen-bond acceptors (Lipinski definition) is 4. The van der Waals surface area contributed by atoms with Crippen molar-refractivity contribution in [2.75, 3.05) is 13.1 Å². The van der Waals surface area contributed by atoms with Crippen LogP contribution in [-0.4, -0.2) is 31.9 Å². The third-order valence-electron chi connectivity index (χ3n) is 2.63. The van der Waals surface area contributed by atoms with Gasteiger partial charge in [-0.3, -0.25) is 0 Å². The quantitative estimate of drug-likeness (QED) is 0.742. The molecule has 0 amide bonds. The largest absolute Gasteiger partial charge is 0.447 e. The summed E-state index contributed by atoms with van der Waals surface area (Å²) in [5.74, 6) is 0.614. The predicted octanol–water partition coefficient (Wildman–Crippen LogP) is 1.97. The van der Waals surface area contributed by atoms with Gasteiger partial charge >= 0.3 is 0 Å². The zero-order chi connectivity index (χ0) is 14.5. The zero-order valence-electron chi connectivity index (χ0n) is 11.7. The molecule has 0 aliphatic carbocycles. The summed E-state index contributed by atoms with van der Waals surface area (Å²) in [6.45, 7) is 10.8. The van der Waals surface area contributed by atoms with Crippen molar-refractivity contribution < 1.29 is 12.8 Å². The second-order valence-electron chi connectivity index (χ2n) is 4.46. The Kier molecular flexibility index (Phi) is 5.78. The summed E-state index contributed by atoms with van der Waals surface area (Å²) in [6.07, 6.45) is 1.57. The van der Waals surface area contributed by atoms with Gasteiger partial charge in [0.1, 0.15) is 5.76 Å². The van der Waals surface area contributed by atoms with Gasteiger partial charge in [0, 0.05) is 12.6 Å². The van der Waals surface area contributed by atoms with Gasteiger partial charge in [-0.05, 0) is 32.5 Å². The Balaban J connectivity index is 2.98. The van der Waals surface area contributed by atoms with Crippen LogP contribution in [0.25, 0.3) is 0 Å². The van der Waals surface area contributed by atoms with Gasteiger partial charge in [-0.15, -0.1) is 6.58 Å². The van der Waals surface area contributed by atoms with Crippen LogP contribution in [0.3, 0.4) is 0 Å². The number of furan rings is 1. The van der Waals surface area contributed by atoms with Gasteiger partial charge in [0.05, 0.1) is 6.54 Å². The van der Waals surface area contributed by atoms with E-state index in [0.29, 0.717) is 12.3 Å². The molecule has 0 saturated heterocycles. The summed E-state index contributed by atoms with van der Waals surface area (Å²) in [5.41, 5.74) is 0. The van der Waals surface area contributed by atoms with E-state index >= 15 is 0 Å². The normalized spacial score (nSPS) is 12.3. The Bertz CT molecular complexity index is 506. The van der Waals surface area contributed by atoms with E-state index in [4.69, 9.17) is 4.42 Å². The number of hydrogen-bond donors (Lipinski definition) is 1. The van der Waals surface area contributed by atoms with Crippen LogP contribution in [-0.2, 0) is 16.6 Å². The van der Waals surface area contributed by atoms with Crippen LogP contribution in [0.4, 0.5) is 0 Å². The molecule has 0 saturated carbocycles. The molecule has 0 aromatic carbocycles. The van der Waals surface area contributed by atoms with Crippen molar-refractivity contribution in [2.24, 2.45) is 0 Å². The molecule has 0 radical (unpaired) electrons. The van der Waals surface area contributed by atoms with Crippen molar-refractivity contribution in [2.45, 2.75) is 38.5 Å². The minimum absolute atomic E-state index is 0.0176. The van der Waals surface area contributed by atoms with Crippen LogP contribution in [0.2, 0.25) is 0 Å². The van der Waals surface area contributed by atoms with Gasteiger partial charge in [-0.2, -0.15) is 4.31 Å². The summed E-state index contributed by atoms with van der Waals surface area (Å²) in [7, 11) is -3.60. The number of rotatable bonds is 8. The van der Waals surface area contributed by atoms with Gasteiger partial charge in [0.2, 0.25) is 5.09 Å². The lowest BCUT2D eigenvalue weighted by Crippen LogP contribution is -2.36. The van der Waals surface area contributed by atoms with Gasteiger partial charge in [0.25, 0.3) is 10.0 Å². The highest BCUT2D eigenvalue weighted by molar-refractivity contribution is 7.89. The highest BCUT2D eigenvalue weighted by Gasteiger charge is 2.28. The van der Waals surface area contributed by atoms with Crippen LogP contribution in [0, 0.1) is 0 Å². The van der Waals surface area contributed by atoms with E-state index in [1.807, 2.05) is 20.8 Å². The molecule has 5 nitrogen and oxygen atoms in total. The van der Waals surface area contributed by atoms with Crippen LogP contribution in [0.15, 0.2) is 34.3 Å². The molecule has 1 heterocycles. The average Bonchev–Trinajstić information content (AvgIpc) is 2.82. The first kappa shape index (κ1) is 15.9. The minimum Gasteiger partial charge on any atom is -0.447 e. The molecule has 1 aromatic rings. The standard InChI is InChI=1S/C13H22N2O3S/c1-5-9-15(11(3)4)19(16,17)13-8-7-12(18-13)10-14-6-2/h5,7-8,11,14H,1,6,9-10H2,2-4H3. The Morgan fingerprint density at radius 3 is 2.68 bits per heavy atom. The molecule has 108 valence electrons. The van der Waals surface area contributed by atoms with Gasteiger partial charge in [0.15, 0.2) is 0 Å². The molecule has 1 aromatic heterocycles. The first-order valence-electron chi connectivity index (χ1n) is 6.35. The molecule has 0 bridgehead atoms. The molecule has 19 heavy (non-hydrogen) atoms. The lowest BCUT2D eigenvalue weighted by Gasteiger charge is -2.23. The Labute approximate surface area is 115 Å². The summed E-state index contributed by atoms with van der Waals surface area (Å²) < 4.78 is 31.6. The summed E-state index contributed by atoms with van der Waals surface area (Å²) >= 11 is 0. The maximum absolute atomic E-state index is 12.4. The van der Waals surface area contributed by atoms with Crippen LogP contribution >= 0.6 is 0 Å². The van der Waals surface area contributed by atoms with E-state index in [0.717, 1.165) is 6.54 Å². The molecule has 0 spiro atoms. The van der Waals surface area contributed by atoms with Gasteiger partial charge in [-0.1, -0.05) is 13.0 Å². The number of sulfonamides is 1. The van der Waals surface area contributed by atoms with Gasteiger partial charge in [-0.25, -0.2) is 8.42 Å². The molecule has 0 aliphatic heterocycles. The van der Waals surface area contributed by atoms with E-state index < -0.39 is 10.0 Å². The van der Waals surface area contributed by atoms with E-state index in [1.54, 1.807) is 12.1 Å². The smallest absolute Gasteiger partial charge is 0.276 e. The monoisotopic (exact) mass is 286 g/mol. The lowest BCUT2D eigenvalue weighted by molar-refractivity contribution is 0.348. The molecule has 0 unspecified atom stereocenters. The summed E-state index contributed by atoms with van der Waals surface area (Å²) in [4.78, 5) is 0. The molecular formula is C13H22N2O3S. The molecule has 6 heteroatoms. The summed E-state index contributed by atoms with van der Waals surface area (Å²) in [5, 5.41) is 3.07. The zero-order valence-corrected chi connectivity index (χ0v) is 12.5. The van der Waals surface area contributed by atoms with Crippen molar-refractivity contribution in [1.29, 1.82) is 0 Å². The topological polar surface area (TPSA) is 62.6 Å². The molecular weight excluding hydrogens is 264 g/mol. The van der Waals surface area contributed by atoms with E-state index in [-0.39, 0.29) is 17.7 Å². The molecule has 1 N–H and O–H groups in total. The molecule has 0 atom stereocenters. The first-order valence-corrected chi connectivity index (χ1v) is 7.79. The third kappa shape index (κ3) is 3.92. The van der Waals surface area contributed by atoms with E-state index in [9.17, 15) is 8.42 Å². The maximum Gasteiger partial charge on any atom is 0.276 e. The van der Waals surface area contributed by atoms with Crippen molar-refractivity contribution in [3.63, 3.8) is 0 Å². The van der Waals surface area contributed by atoms with Crippen molar-refractivity contribution in [3.8, 4) is 0 Å². The predicted molar refractivity (Wildman–Crippen MR) is 75.3 cm³/mol. The second kappa shape index (κ2) is 6.88. The SMILES string of the molecule is C=CCN(C(C)C)S(=O)(=O)c1ccc(CNCC)o1. The van der Waals surface area contributed by atoms with E-state index in [1.165, 1.54) is 10.4 Å². The Morgan fingerprint density at radius 2 is 2.16 bits per heavy atom. The maximum atomic E-state index is 12.4. The average molecular weight is 286 g/mol. The summed E-state index contributed by atoms with van der Waals surface area (Å²) in [6, 6.07) is 3.04. The van der Waals surface area contributed by atoms with Crippen molar-refractivity contribution >= 4 is 10.0 Å². The van der Waals surface area contributed by atoms with E-state index in [2.05, 4.69) is 11.9 Å².